The standard InChI is InChI=1S/C13H7IN4O2S/c14-11-8-18(13-12(11)17-9(6-15)7-16-13)21(19,20)10-4-2-1-3-5-10/h1-5,7-8H. The second-order valence-corrected chi connectivity index (χ2v) is 7.11. The van der Waals surface area contributed by atoms with Gasteiger partial charge in [-0.1, -0.05) is 18.2 Å². The molecule has 2 heterocycles. The van der Waals surface area contributed by atoms with E-state index in [0.29, 0.717) is 9.09 Å². The van der Waals surface area contributed by atoms with Crippen LogP contribution in [0.15, 0.2) is 47.6 Å². The normalized spacial score (nSPS) is 11.4. The Morgan fingerprint density at radius 2 is 1.95 bits per heavy atom. The highest BCUT2D eigenvalue weighted by atomic mass is 127. The lowest BCUT2D eigenvalue weighted by Gasteiger charge is -2.06. The van der Waals surface area contributed by atoms with Gasteiger partial charge < -0.3 is 0 Å². The van der Waals surface area contributed by atoms with Gasteiger partial charge in [0.15, 0.2) is 11.3 Å². The van der Waals surface area contributed by atoms with E-state index < -0.39 is 10.0 Å². The molecule has 6 nitrogen and oxygen atoms in total. The van der Waals surface area contributed by atoms with Crippen LogP contribution in [0, 0.1) is 14.9 Å². The Labute approximate surface area is 134 Å². The molecule has 21 heavy (non-hydrogen) atoms. The SMILES string of the molecule is N#Cc1cnc2c(n1)c(I)cn2S(=O)(=O)c1ccccc1. The first-order chi connectivity index (χ1) is 10.0. The molecule has 0 saturated carbocycles. The first kappa shape index (κ1) is 14.0. The topological polar surface area (TPSA) is 88.6 Å². The number of rotatable bonds is 2. The van der Waals surface area contributed by atoms with Crippen molar-refractivity contribution in [2.75, 3.05) is 0 Å². The third-order valence-electron chi connectivity index (χ3n) is 2.83. The van der Waals surface area contributed by atoms with Crippen molar-refractivity contribution in [2.24, 2.45) is 0 Å². The van der Waals surface area contributed by atoms with Gasteiger partial charge in [-0.2, -0.15) is 5.26 Å². The molecule has 0 saturated heterocycles. The van der Waals surface area contributed by atoms with Crippen molar-refractivity contribution in [2.45, 2.75) is 4.90 Å². The van der Waals surface area contributed by atoms with Crippen LogP contribution in [0.25, 0.3) is 11.2 Å². The molecule has 104 valence electrons. The van der Waals surface area contributed by atoms with Crippen LogP contribution in [0.4, 0.5) is 0 Å². The van der Waals surface area contributed by atoms with E-state index in [1.54, 1.807) is 18.2 Å². The molecule has 3 aromatic rings. The summed E-state index contributed by atoms with van der Waals surface area (Å²) in [6.45, 7) is 0. The average molecular weight is 410 g/mol. The fourth-order valence-electron chi connectivity index (χ4n) is 1.87. The molecule has 3 rings (SSSR count). The predicted octanol–water partition coefficient (Wildman–Crippen LogP) is 2.14. The number of hydrogen-bond acceptors (Lipinski definition) is 5. The van der Waals surface area contributed by atoms with E-state index in [1.165, 1.54) is 24.5 Å². The monoisotopic (exact) mass is 410 g/mol. The zero-order chi connectivity index (χ0) is 15.0. The molecular formula is C13H7IN4O2S. The zero-order valence-electron chi connectivity index (χ0n) is 10.4. The maximum absolute atomic E-state index is 12.6. The van der Waals surface area contributed by atoms with Crippen molar-refractivity contribution in [1.82, 2.24) is 13.9 Å². The van der Waals surface area contributed by atoms with Crippen LogP contribution >= 0.6 is 22.6 Å². The lowest BCUT2D eigenvalue weighted by Crippen LogP contribution is -2.12. The maximum atomic E-state index is 12.6. The number of benzene rings is 1. The van der Waals surface area contributed by atoms with Gasteiger partial charge >= 0.3 is 0 Å². The van der Waals surface area contributed by atoms with E-state index in [-0.39, 0.29) is 16.2 Å². The minimum atomic E-state index is -3.74. The zero-order valence-corrected chi connectivity index (χ0v) is 13.4. The quantitative estimate of drug-likeness (QED) is 0.605. The number of fused-ring (bicyclic) bond motifs is 1. The van der Waals surface area contributed by atoms with E-state index in [4.69, 9.17) is 5.26 Å². The summed E-state index contributed by atoms with van der Waals surface area (Å²) in [5, 5.41) is 8.85. The lowest BCUT2D eigenvalue weighted by molar-refractivity contribution is 0.588. The molecule has 0 amide bonds. The first-order valence-corrected chi connectivity index (χ1v) is 8.30. The fraction of sp³-hybridized carbons (Fsp3) is 0. The van der Waals surface area contributed by atoms with Crippen LogP contribution in [-0.4, -0.2) is 22.4 Å². The van der Waals surface area contributed by atoms with E-state index in [2.05, 4.69) is 9.97 Å². The van der Waals surface area contributed by atoms with Crippen LogP contribution < -0.4 is 0 Å². The largest absolute Gasteiger partial charge is 0.269 e. The Morgan fingerprint density at radius 3 is 2.62 bits per heavy atom. The minimum absolute atomic E-state index is 0.148. The second kappa shape index (κ2) is 5.09. The molecule has 8 heteroatoms. The Hall–Kier alpha value is -1.99. The van der Waals surface area contributed by atoms with Crippen molar-refractivity contribution in [3.8, 4) is 6.07 Å². The van der Waals surface area contributed by atoms with Gasteiger partial charge in [-0.3, -0.25) is 0 Å². The predicted molar refractivity (Wildman–Crippen MR) is 84.0 cm³/mol. The summed E-state index contributed by atoms with van der Waals surface area (Å²) < 4.78 is 27.0. The van der Waals surface area contributed by atoms with Crippen molar-refractivity contribution in [1.29, 1.82) is 5.26 Å². The molecule has 2 aromatic heterocycles. The van der Waals surface area contributed by atoms with Gasteiger partial charge in [0.2, 0.25) is 0 Å². The van der Waals surface area contributed by atoms with Gasteiger partial charge in [0.1, 0.15) is 11.6 Å². The Bertz CT molecular complexity index is 975. The summed E-state index contributed by atoms with van der Waals surface area (Å²) >= 11 is 1.97. The summed E-state index contributed by atoms with van der Waals surface area (Å²) in [6, 6.07) is 9.99. The van der Waals surface area contributed by atoms with E-state index in [9.17, 15) is 8.42 Å². The molecule has 1 aromatic carbocycles. The summed E-state index contributed by atoms with van der Waals surface area (Å²) in [5.74, 6) is 0. The smallest absolute Gasteiger partial charge is 0.233 e. The van der Waals surface area contributed by atoms with Crippen LogP contribution in [0.1, 0.15) is 5.69 Å². The number of nitrogens with zero attached hydrogens (tertiary/aromatic N) is 4. The Morgan fingerprint density at radius 1 is 1.24 bits per heavy atom. The molecule has 0 aliphatic rings. The number of hydrogen-bond donors (Lipinski definition) is 0. The van der Waals surface area contributed by atoms with E-state index >= 15 is 0 Å². The molecular weight excluding hydrogens is 403 g/mol. The average Bonchev–Trinajstić information content (AvgIpc) is 2.85. The molecule has 0 spiro atoms. The number of halogens is 1. The van der Waals surface area contributed by atoms with Gasteiger partial charge in [0, 0.05) is 6.20 Å². The third-order valence-corrected chi connectivity index (χ3v) is 5.29. The Balaban J connectivity index is 2.30. The lowest BCUT2D eigenvalue weighted by atomic mass is 10.4. The van der Waals surface area contributed by atoms with Gasteiger partial charge in [-0.05, 0) is 34.7 Å². The van der Waals surface area contributed by atoms with Crippen LogP contribution in [0.5, 0.6) is 0 Å². The molecule has 0 aliphatic heterocycles. The highest BCUT2D eigenvalue weighted by Gasteiger charge is 2.22. The maximum Gasteiger partial charge on any atom is 0.269 e. The van der Waals surface area contributed by atoms with E-state index in [1.807, 2.05) is 28.7 Å². The van der Waals surface area contributed by atoms with Gasteiger partial charge in [0.05, 0.1) is 14.7 Å². The molecule has 0 bridgehead atoms. The molecule has 0 fully saturated rings. The molecule has 0 atom stereocenters. The minimum Gasteiger partial charge on any atom is -0.233 e. The summed E-state index contributed by atoms with van der Waals surface area (Å²) in [6.07, 6.45) is 2.71. The summed E-state index contributed by atoms with van der Waals surface area (Å²) in [7, 11) is -3.74. The van der Waals surface area contributed by atoms with Gasteiger partial charge in [-0.25, -0.2) is 22.4 Å². The summed E-state index contributed by atoms with van der Waals surface area (Å²) in [4.78, 5) is 8.33. The van der Waals surface area contributed by atoms with Crippen LogP contribution in [0.2, 0.25) is 0 Å². The van der Waals surface area contributed by atoms with Crippen molar-refractivity contribution < 1.29 is 8.42 Å². The molecule has 0 unspecified atom stereocenters. The molecule has 0 aliphatic carbocycles. The summed E-state index contributed by atoms with van der Waals surface area (Å²) in [5.41, 5.74) is 0.756. The van der Waals surface area contributed by atoms with Crippen LogP contribution in [0.3, 0.4) is 0 Å². The third kappa shape index (κ3) is 2.28. The van der Waals surface area contributed by atoms with Gasteiger partial charge in [-0.15, -0.1) is 0 Å². The number of nitriles is 1. The fourth-order valence-corrected chi connectivity index (χ4v) is 4.04. The highest BCUT2D eigenvalue weighted by molar-refractivity contribution is 14.1. The van der Waals surface area contributed by atoms with Crippen molar-refractivity contribution in [3.63, 3.8) is 0 Å². The van der Waals surface area contributed by atoms with Crippen LogP contribution in [-0.2, 0) is 10.0 Å². The molecule has 0 radical (unpaired) electrons. The van der Waals surface area contributed by atoms with E-state index in [0.717, 1.165) is 3.97 Å². The van der Waals surface area contributed by atoms with Crippen molar-refractivity contribution in [3.05, 3.63) is 52.0 Å². The first-order valence-electron chi connectivity index (χ1n) is 5.78. The molecule has 0 N–H and O–H groups in total. The van der Waals surface area contributed by atoms with Crippen molar-refractivity contribution >= 4 is 43.8 Å². The second-order valence-electron chi connectivity index (χ2n) is 4.13. The van der Waals surface area contributed by atoms with Gasteiger partial charge in [0.25, 0.3) is 10.0 Å². The Kier molecular flexibility index (Phi) is 3.38. The highest BCUT2D eigenvalue weighted by Crippen LogP contribution is 2.24. The number of aromatic nitrogens is 3.